The van der Waals surface area contributed by atoms with Crippen LogP contribution in [-0.4, -0.2) is 17.3 Å². The maximum atomic E-state index is 12.9. The fourth-order valence-corrected chi connectivity index (χ4v) is 3.91. The molecular formula is C23H22ClNO4. The summed E-state index contributed by atoms with van der Waals surface area (Å²) in [5.74, 6) is 0.326. The van der Waals surface area contributed by atoms with E-state index in [4.69, 9.17) is 20.8 Å². The molecule has 0 bridgehead atoms. The van der Waals surface area contributed by atoms with Crippen molar-refractivity contribution >= 4 is 39.9 Å². The van der Waals surface area contributed by atoms with Gasteiger partial charge in [-0.15, -0.1) is 0 Å². The van der Waals surface area contributed by atoms with Gasteiger partial charge in [0.1, 0.15) is 16.9 Å². The number of hydrogen-bond donors (Lipinski definition) is 1. The van der Waals surface area contributed by atoms with Gasteiger partial charge in [0, 0.05) is 21.7 Å². The Hall–Kier alpha value is -2.79. The van der Waals surface area contributed by atoms with Crippen LogP contribution in [0.15, 0.2) is 34.7 Å². The standard InChI is InChI=1S/C23H22ClNO4/c1-5-23(4)11-16(26)20-18(29-23)9-8-17-19(20)13(3)21(28-17)22(27)25-15-10-14(24)7-6-12(15)2/h6-10H,5,11H2,1-4H3,(H,25,27). The molecule has 0 radical (unpaired) electrons. The van der Waals surface area contributed by atoms with Gasteiger partial charge in [0.05, 0.1) is 12.0 Å². The van der Waals surface area contributed by atoms with E-state index in [1.165, 1.54) is 0 Å². The number of anilines is 1. The Balaban J connectivity index is 1.77. The highest BCUT2D eigenvalue weighted by atomic mass is 35.5. The Labute approximate surface area is 174 Å². The highest BCUT2D eigenvalue weighted by Crippen LogP contribution is 2.41. The molecule has 1 atom stereocenters. The Kier molecular flexibility index (Phi) is 4.66. The van der Waals surface area contributed by atoms with Gasteiger partial charge >= 0.3 is 0 Å². The maximum Gasteiger partial charge on any atom is 0.291 e. The molecule has 6 heteroatoms. The van der Waals surface area contributed by atoms with Crippen molar-refractivity contribution in [2.24, 2.45) is 0 Å². The van der Waals surface area contributed by atoms with Crippen LogP contribution in [0.1, 0.15) is 58.7 Å². The number of ketones is 1. The number of nitrogens with one attached hydrogen (secondary N) is 1. The van der Waals surface area contributed by atoms with Crippen LogP contribution in [0.2, 0.25) is 5.02 Å². The van der Waals surface area contributed by atoms with Crippen molar-refractivity contribution in [2.75, 3.05) is 5.32 Å². The molecule has 1 N–H and O–H groups in total. The summed E-state index contributed by atoms with van der Waals surface area (Å²) in [6, 6.07) is 8.78. The van der Waals surface area contributed by atoms with Gasteiger partial charge < -0.3 is 14.5 Å². The summed E-state index contributed by atoms with van der Waals surface area (Å²) in [4.78, 5) is 25.8. The molecule has 2 heterocycles. The zero-order valence-electron chi connectivity index (χ0n) is 16.8. The second kappa shape index (κ2) is 6.92. The van der Waals surface area contributed by atoms with Gasteiger partial charge in [0.15, 0.2) is 11.5 Å². The van der Waals surface area contributed by atoms with E-state index in [1.807, 2.05) is 26.8 Å². The number of furan rings is 1. The predicted molar refractivity (Wildman–Crippen MR) is 113 cm³/mol. The third-order valence-electron chi connectivity index (χ3n) is 5.63. The topological polar surface area (TPSA) is 68.5 Å². The van der Waals surface area contributed by atoms with Crippen LogP contribution in [-0.2, 0) is 0 Å². The molecule has 0 saturated heterocycles. The Morgan fingerprint density at radius 2 is 2.00 bits per heavy atom. The molecule has 5 nitrogen and oxygen atoms in total. The number of rotatable bonds is 3. The molecule has 1 aliphatic rings. The number of hydrogen-bond acceptors (Lipinski definition) is 4. The van der Waals surface area contributed by atoms with Gasteiger partial charge in [-0.05, 0) is 57.0 Å². The van der Waals surface area contributed by atoms with Gasteiger partial charge in [-0.2, -0.15) is 0 Å². The summed E-state index contributed by atoms with van der Waals surface area (Å²) in [5, 5.41) is 4.02. The number of carbonyl (C=O) groups excluding carboxylic acids is 2. The summed E-state index contributed by atoms with van der Waals surface area (Å²) in [5.41, 5.74) is 2.59. The fraction of sp³-hybridized carbons (Fsp3) is 0.304. The van der Waals surface area contributed by atoms with Crippen molar-refractivity contribution in [1.29, 1.82) is 0 Å². The first-order valence-corrected chi connectivity index (χ1v) is 9.96. The SMILES string of the molecule is CCC1(C)CC(=O)c2c(ccc3oc(C(=O)Nc4cc(Cl)ccc4C)c(C)c23)O1. The van der Waals surface area contributed by atoms with Crippen LogP contribution in [0.4, 0.5) is 5.69 Å². The van der Waals surface area contributed by atoms with Crippen molar-refractivity contribution in [1.82, 2.24) is 0 Å². The van der Waals surface area contributed by atoms with E-state index in [0.29, 0.717) is 45.0 Å². The molecule has 1 aromatic heterocycles. The molecule has 0 aliphatic carbocycles. The zero-order valence-corrected chi connectivity index (χ0v) is 17.6. The highest BCUT2D eigenvalue weighted by molar-refractivity contribution is 6.31. The van der Waals surface area contributed by atoms with E-state index in [-0.39, 0.29) is 17.5 Å². The monoisotopic (exact) mass is 411 g/mol. The number of halogens is 1. The maximum absolute atomic E-state index is 12.9. The number of aryl methyl sites for hydroxylation is 2. The minimum absolute atomic E-state index is 0.00254. The molecule has 1 unspecified atom stereocenters. The van der Waals surface area contributed by atoms with Gasteiger partial charge in [-0.1, -0.05) is 24.6 Å². The summed E-state index contributed by atoms with van der Waals surface area (Å²) in [6.45, 7) is 7.61. The van der Waals surface area contributed by atoms with Gasteiger partial charge in [0.25, 0.3) is 5.91 Å². The first-order chi connectivity index (χ1) is 13.7. The minimum Gasteiger partial charge on any atom is -0.486 e. The second-order valence-electron chi connectivity index (χ2n) is 7.79. The lowest BCUT2D eigenvalue weighted by Crippen LogP contribution is -2.38. The molecule has 3 aromatic rings. The zero-order chi connectivity index (χ0) is 20.9. The van der Waals surface area contributed by atoms with Crippen LogP contribution in [0.3, 0.4) is 0 Å². The number of ether oxygens (including phenoxy) is 1. The van der Waals surface area contributed by atoms with Crippen LogP contribution in [0, 0.1) is 13.8 Å². The smallest absolute Gasteiger partial charge is 0.291 e. The molecule has 2 aromatic carbocycles. The minimum atomic E-state index is -0.514. The third kappa shape index (κ3) is 3.29. The lowest BCUT2D eigenvalue weighted by molar-refractivity contribution is 0.0503. The van der Waals surface area contributed by atoms with Crippen molar-refractivity contribution < 1.29 is 18.7 Å². The fourth-order valence-electron chi connectivity index (χ4n) is 3.74. The number of fused-ring (bicyclic) bond motifs is 3. The number of benzene rings is 2. The van der Waals surface area contributed by atoms with Crippen LogP contribution >= 0.6 is 11.6 Å². The molecular weight excluding hydrogens is 390 g/mol. The molecule has 29 heavy (non-hydrogen) atoms. The molecule has 150 valence electrons. The second-order valence-corrected chi connectivity index (χ2v) is 8.22. The Morgan fingerprint density at radius 3 is 2.72 bits per heavy atom. The molecule has 4 rings (SSSR count). The van der Waals surface area contributed by atoms with Gasteiger partial charge in [-0.25, -0.2) is 0 Å². The number of Topliss-reactive ketones (excluding diaryl/α,β-unsaturated/α-hetero) is 1. The summed E-state index contributed by atoms with van der Waals surface area (Å²) >= 11 is 6.05. The van der Waals surface area contributed by atoms with Crippen LogP contribution in [0.5, 0.6) is 5.75 Å². The van der Waals surface area contributed by atoms with E-state index in [2.05, 4.69) is 5.32 Å². The predicted octanol–water partition coefficient (Wildman–Crippen LogP) is 6.09. The highest BCUT2D eigenvalue weighted by Gasteiger charge is 2.37. The molecule has 0 spiro atoms. The number of amides is 1. The van der Waals surface area contributed by atoms with Gasteiger partial charge in [0.2, 0.25) is 0 Å². The Morgan fingerprint density at radius 1 is 1.24 bits per heavy atom. The van der Waals surface area contributed by atoms with E-state index >= 15 is 0 Å². The lowest BCUT2D eigenvalue weighted by Gasteiger charge is -2.34. The summed E-state index contributed by atoms with van der Waals surface area (Å²) in [6.07, 6.45) is 1.02. The normalized spacial score (nSPS) is 18.4. The van der Waals surface area contributed by atoms with Crippen molar-refractivity contribution in [3.63, 3.8) is 0 Å². The molecule has 1 aliphatic heterocycles. The largest absolute Gasteiger partial charge is 0.486 e. The average molecular weight is 412 g/mol. The number of carbonyl (C=O) groups is 2. The quantitative estimate of drug-likeness (QED) is 0.566. The summed E-state index contributed by atoms with van der Waals surface area (Å²) < 4.78 is 12.0. The molecule has 0 fully saturated rings. The first kappa shape index (κ1) is 19.5. The van der Waals surface area contributed by atoms with Crippen molar-refractivity contribution in [2.45, 2.75) is 46.1 Å². The average Bonchev–Trinajstić information content (AvgIpc) is 3.01. The van der Waals surface area contributed by atoms with E-state index in [0.717, 1.165) is 12.0 Å². The Bertz CT molecular complexity index is 1160. The first-order valence-electron chi connectivity index (χ1n) is 9.58. The van der Waals surface area contributed by atoms with Crippen molar-refractivity contribution in [3.05, 3.63) is 57.8 Å². The van der Waals surface area contributed by atoms with Crippen LogP contribution in [0.25, 0.3) is 11.0 Å². The summed E-state index contributed by atoms with van der Waals surface area (Å²) in [7, 11) is 0. The van der Waals surface area contributed by atoms with Crippen molar-refractivity contribution in [3.8, 4) is 5.75 Å². The van der Waals surface area contributed by atoms with E-state index in [1.54, 1.807) is 31.2 Å². The third-order valence-corrected chi connectivity index (χ3v) is 5.86. The van der Waals surface area contributed by atoms with E-state index < -0.39 is 5.60 Å². The molecule has 0 saturated carbocycles. The molecule has 1 amide bonds. The van der Waals surface area contributed by atoms with Crippen LogP contribution < -0.4 is 10.1 Å². The van der Waals surface area contributed by atoms with Gasteiger partial charge in [-0.3, -0.25) is 9.59 Å². The van der Waals surface area contributed by atoms with E-state index in [9.17, 15) is 9.59 Å². The lowest BCUT2D eigenvalue weighted by atomic mass is 9.87.